The molecule has 176 valence electrons. The average Bonchev–Trinajstić information content (AvgIpc) is 3.45. The fourth-order valence-electron chi connectivity index (χ4n) is 4.84. The molecule has 2 fully saturated rings. The highest BCUT2D eigenvalue weighted by atomic mass is 32.2. The third-order valence-corrected chi connectivity index (χ3v) is 8.04. The fraction of sp³-hybridized carbons (Fsp3) is 0.440. The van der Waals surface area contributed by atoms with Gasteiger partial charge in [-0.05, 0) is 69.4 Å². The van der Waals surface area contributed by atoms with E-state index >= 15 is 0 Å². The van der Waals surface area contributed by atoms with E-state index in [1.165, 1.54) is 6.07 Å². The van der Waals surface area contributed by atoms with E-state index in [4.69, 9.17) is 0 Å². The lowest BCUT2D eigenvalue weighted by molar-refractivity contribution is -0.125. The zero-order valence-electron chi connectivity index (χ0n) is 19.1. The van der Waals surface area contributed by atoms with Gasteiger partial charge in [0, 0.05) is 23.8 Å². The SMILES string of the molecule is Cc1ccc(S(=O)(=O)Nc2cccc(C(=O)N3CCCC3C(=O)NC3CCCC3)c2)c(C)c1. The third kappa shape index (κ3) is 5.21. The molecule has 0 aromatic heterocycles. The Morgan fingerprint density at radius 3 is 2.45 bits per heavy atom. The van der Waals surface area contributed by atoms with Gasteiger partial charge >= 0.3 is 0 Å². The maximum atomic E-state index is 13.2. The largest absolute Gasteiger partial charge is 0.352 e. The molecular weight excluding hydrogens is 438 g/mol. The molecule has 2 aromatic rings. The van der Waals surface area contributed by atoms with Crippen molar-refractivity contribution in [1.29, 1.82) is 0 Å². The first-order valence-corrected chi connectivity index (χ1v) is 13.0. The molecule has 0 radical (unpaired) electrons. The van der Waals surface area contributed by atoms with E-state index in [2.05, 4.69) is 10.0 Å². The van der Waals surface area contributed by atoms with Crippen molar-refractivity contribution in [3.63, 3.8) is 0 Å². The van der Waals surface area contributed by atoms with E-state index in [0.717, 1.165) is 37.7 Å². The Bertz CT molecular complexity index is 1160. The van der Waals surface area contributed by atoms with Gasteiger partial charge in [0.25, 0.3) is 15.9 Å². The van der Waals surface area contributed by atoms with Crippen LogP contribution in [-0.2, 0) is 14.8 Å². The zero-order valence-corrected chi connectivity index (χ0v) is 20.0. The second kappa shape index (κ2) is 9.55. The molecule has 1 heterocycles. The predicted octanol–water partition coefficient (Wildman–Crippen LogP) is 3.77. The first-order valence-electron chi connectivity index (χ1n) is 11.6. The Morgan fingerprint density at radius 2 is 1.73 bits per heavy atom. The van der Waals surface area contributed by atoms with Crippen LogP contribution in [0.15, 0.2) is 47.4 Å². The molecule has 1 aliphatic carbocycles. The summed E-state index contributed by atoms with van der Waals surface area (Å²) < 4.78 is 28.4. The van der Waals surface area contributed by atoms with Gasteiger partial charge in [0.1, 0.15) is 6.04 Å². The van der Waals surface area contributed by atoms with E-state index < -0.39 is 16.1 Å². The van der Waals surface area contributed by atoms with Crippen LogP contribution in [0.25, 0.3) is 0 Å². The number of carbonyl (C=O) groups excluding carboxylic acids is 2. The highest BCUT2D eigenvalue weighted by Crippen LogP contribution is 2.25. The van der Waals surface area contributed by atoms with Crippen LogP contribution in [0, 0.1) is 13.8 Å². The van der Waals surface area contributed by atoms with Gasteiger partial charge in [0.05, 0.1) is 4.90 Å². The monoisotopic (exact) mass is 469 g/mol. The number of carbonyl (C=O) groups is 2. The van der Waals surface area contributed by atoms with E-state index in [1.807, 2.05) is 13.0 Å². The van der Waals surface area contributed by atoms with Crippen molar-refractivity contribution < 1.29 is 18.0 Å². The minimum Gasteiger partial charge on any atom is -0.352 e. The summed E-state index contributed by atoms with van der Waals surface area (Å²) in [6.45, 7) is 4.18. The van der Waals surface area contributed by atoms with E-state index in [1.54, 1.807) is 42.2 Å². The molecule has 1 unspecified atom stereocenters. The fourth-order valence-corrected chi connectivity index (χ4v) is 6.12. The number of hydrogen-bond acceptors (Lipinski definition) is 4. The van der Waals surface area contributed by atoms with Crippen LogP contribution < -0.4 is 10.0 Å². The Balaban J connectivity index is 1.49. The van der Waals surface area contributed by atoms with E-state index in [9.17, 15) is 18.0 Å². The van der Waals surface area contributed by atoms with Gasteiger partial charge in [-0.15, -0.1) is 0 Å². The van der Waals surface area contributed by atoms with Gasteiger partial charge in [0.15, 0.2) is 0 Å². The summed E-state index contributed by atoms with van der Waals surface area (Å²) in [6.07, 6.45) is 5.66. The first kappa shape index (κ1) is 23.3. The van der Waals surface area contributed by atoms with Gasteiger partial charge in [-0.2, -0.15) is 0 Å². The van der Waals surface area contributed by atoms with Crippen molar-refractivity contribution >= 4 is 27.5 Å². The van der Waals surface area contributed by atoms with Crippen LogP contribution in [-0.4, -0.2) is 43.8 Å². The minimum atomic E-state index is -3.80. The molecule has 7 nitrogen and oxygen atoms in total. The molecule has 0 bridgehead atoms. The van der Waals surface area contributed by atoms with Crippen molar-refractivity contribution in [1.82, 2.24) is 10.2 Å². The van der Waals surface area contributed by atoms with Gasteiger partial charge in [-0.25, -0.2) is 8.42 Å². The van der Waals surface area contributed by atoms with Crippen molar-refractivity contribution in [3.8, 4) is 0 Å². The summed E-state index contributed by atoms with van der Waals surface area (Å²) in [5.74, 6) is -0.342. The molecule has 0 spiro atoms. The number of nitrogens with zero attached hydrogens (tertiary/aromatic N) is 1. The molecule has 2 aliphatic rings. The lowest BCUT2D eigenvalue weighted by Crippen LogP contribution is -2.48. The third-order valence-electron chi connectivity index (χ3n) is 6.50. The second-order valence-electron chi connectivity index (χ2n) is 9.10. The average molecular weight is 470 g/mol. The van der Waals surface area contributed by atoms with Gasteiger partial charge in [0.2, 0.25) is 5.91 Å². The lowest BCUT2D eigenvalue weighted by atomic mass is 10.1. The molecule has 1 atom stereocenters. The molecule has 8 heteroatoms. The lowest BCUT2D eigenvalue weighted by Gasteiger charge is -2.25. The van der Waals surface area contributed by atoms with Crippen molar-refractivity contribution in [2.24, 2.45) is 0 Å². The van der Waals surface area contributed by atoms with Gasteiger partial charge < -0.3 is 10.2 Å². The normalized spacial score (nSPS) is 19.0. The number of rotatable bonds is 6. The number of nitrogens with one attached hydrogen (secondary N) is 2. The number of anilines is 1. The first-order chi connectivity index (χ1) is 15.7. The molecule has 2 amide bonds. The van der Waals surface area contributed by atoms with Crippen LogP contribution in [0.4, 0.5) is 5.69 Å². The number of benzene rings is 2. The smallest absolute Gasteiger partial charge is 0.262 e. The molecule has 33 heavy (non-hydrogen) atoms. The van der Waals surface area contributed by atoms with Crippen LogP contribution in [0.1, 0.15) is 60.0 Å². The van der Waals surface area contributed by atoms with Crippen LogP contribution in [0.5, 0.6) is 0 Å². The van der Waals surface area contributed by atoms with Crippen molar-refractivity contribution in [2.75, 3.05) is 11.3 Å². The Kier molecular flexibility index (Phi) is 6.74. The van der Waals surface area contributed by atoms with Crippen LogP contribution in [0.3, 0.4) is 0 Å². The summed E-state index contributed by atoms with van der Waals surface area (Å²) in [7, 11) is -3.80. The summed E-state index contributed by atoms with van der Waals surface area (Å²) in [6, 6.07) is 11.3. The highest BCUT2D eigenvalue weighted by molar-refractivity contribution is 7.92. The van der Waals surface area contributed by atoms with Crippen molar-refractivity contribution in [2.45, 2.75) is 69.4 Å². The minimum absolute atomic E-state index is 0.0838. The molecule has 1 saturated heterocycles. The van der Waals surface area contributed by atoms with Gasteiger partial charge in [-0.1, -0.05) is 36.6 Å². The number of sulfonamides is 1. The number of aryl methyl sites for hydroxylation is 2. The van der Waals surface area contributed by atoms with Crippen LogP contribution >= 0.6 is 0 Å². The zero-order chi connectivity index (χ0) is 23.6. The number of hydrogen-bond donors (Lipinski definition) is 2. The molecule has 2 N–H and O–H groups in total. The van der Waals surface area contributed by atoms with Crippen molar-refractivity contribution in [3.05, 3.63) is 59.2 Å². The summed E-state index contributed by atoms with van der Waals surface area (Å²) >= 11 is 0. The van der Waals surface area contributed by atoms with Crippen LogP contribution in [0.2, 0.25) is 0 Å². The summed E-state index contributed by atoms with van der Waals surface area (Å²) in [5.41, 5.74) is 2.31. The molecule has 1 saturated carbocycles. The maximum Gasteiger partial charge on any atom is 0.262 e. The molecular formula is C25H31N3O4S. The molecule has 2 aromatic carbocycles. The second-order valence-corrected chi connectivity index (χ2v) is 10.8. The topological polar surface area (TPSA) is 95.6 Å². The summed E-state index contributed by atoms with van der Waals surface area (Å²) in [5, 5.41) is 3.10. The van der Waals surface area contributed by atoms with E-state index in [-0.39, 0.29) is 22.8 Å². The molecule has 1 aliphatic heterocycles. The van der Waals surface area contributed by atoms with Gasteiger partial charge in [-0.3, -0.25) is 14.3 Å². The summed E-state index contributed by atoms with van der Waals surface area (Å²) in [4.78, 5) is 27.9. The Morgan fingerprint density at radius 1 is 0.970 bits per heavy atom. The molecule has 4 rings (SSSR count). The predicted molar refractivity (Wildman–Crippen MR) is 128 cm³/mol. The Labute approximate surface area is 195 Å². The highest BCUT2D eigenvalue weighted by Gasteiger charge is 2.35. The quantitative estimate of drug-likeness (QED) is 0.673. The standard InChI is InChI=1S/C25H31N3O4S/c1-17-12-13-23(18(2)15-17)33(31,32)27-21-10-5-7-19(16-21)25(30)28-14-6-11-22(28)24(29)26-20-8-3-4-9-20/h5,7,10,12-13,15-16,20,22,27H,3-4,6,8-9,11,14H2,1-2H3,(H,26,29). The maximum absolute atomic E-state index is 13.2. The number of amides is 2. The number of likely N-dealkylation sites (tertiary alicyclic amines) is 1. The Hall–Kier alpha value is -2.87. The van der Waals surface area contributed by atoms with E-state index in [0.29, 0.717) is 29.8 Å².